The van der Waals surface area contributed by atoms with Gasteiger partial charge in [-0.1, -0.05) is 46.4 Å². The van der Waals surface area contributed by atoms with Crippen LogP contribution in [0, 0.1) is 0 Å². The Morgan fingerprint density at radius 1 is 1.00 bits per heavy atom. The summed E-state index contributed by atoms with van der Waals surface area (Å²) in [4.78, 5) is 12.1. The van der Waals surface area contributed by atoms with Gasteiger partial charge in [0.25, 0.3) is 10.0 Å². The number of hydrogen-bond donors (Lipinski definition) is 0. The maximum Gasteiger partial charge on any atom is 0.327 e. The third kappa shape index (κ3) is 5.42. The normalized spacial score (nSPS) is 11.5. The van der Waals surface area contributed by atoms with Crippen LogP contribution in [0.2, 0.25) is 20.1 Å². The molecule has 0 saturated carbocycles. The van der Waals surface area contributed by atoms with Crippen molar-refractivity contribution in [3.05, 3.63) is 56.5 Å². The SMILES string of the molecule is CC(C)OC(=O)CN(c1cc(Cl)c(Cl)cc1Cl)S(=O)(=O)c1ccc(Cl)cc1. The Morgan fingerprint density at radius 2 is 1.56 bits per heavy atom. The van der Waals surface area contributed by atoms with Gasteiger partial charge in [-0.15, -0.1) is 0 Å². The zero-order chi connectivity index (χ0) is 20.4. The van der Waals surface area contributed by atoms with E-state index in [1.807, 2.05) is 0 Å². The van der Waals surface area contributed by atoms with E-state index in [1.165, 1.54) is 36.4 Å². The molecular formula is C17H15Cl4NO4S. The zero-order valence-corrected chi connectivity index (χ0v) is 18.1. The predicted octanol–water partition coefficient (Wildman–Crippen LogP) is 5.45. The fraction of sp³-hybridized carbons (Fsp3) is 0.235. The van der Waals surface area contributed by atoms with E-state index in [0.717, 1.165) is 4.31 Å². The molecule has 0 saturated heterocycles. The number of halogens is 4. The molecule has 0 unspecified atom stereocenters. The van der Waals surface area contributed by atoms with E-state index in [0.29, 0.717) is 5.02 Å². The highest BCUT2D eigenvalue weighted by molar-refractivity contribution is 7.92. The third-order valence-corrected chi connectivity index (χ3v) is 6.35. The van der Waals surface area contributed by atoms with Gasteiger partial charge in [0.05, 0.1) is 31.8 Å². The van der Waals surface area contributed by atoms with Crippen LogP contribution in [-0.4, -0.2) is 27.0 Å². The minimum absolute atomic E-state index is 0.00160. The summed E-state index contributed by atoms with van der Waals surface area (Å²) in [6.45, 7) is 2.71. The number of carbonyl (C=O) groups is 1. The van der Waals surface area contributed by atoms with E-state index >= 15 is 0 Å². The van der Waals surface area contributed by atoms with Crippen molar-refractivity contribution in [2.24, 2.45) is 0 Å². The van der Waals surface area contributed by atoms with E-state index in [-0.39, 0.29) is 25.7 Å². The van der Waals surface area contributed by atoms with E-state index in [9.17, 15) is 13.2 Å². The molecule has 0 N–H and O–H groups in total. The number of ether oxygens (including phenoxy) is 1. The van der Waals surface area contributed by atoms with E-state index < -0.39 is 28.6 Å². The van der Waals surface area contributed by atoms with Crippen molar-refractivity contribution in [1.82, 2.24) is 0 Å². The van der Waals surface area contributed by atoms with Crippen molar-refractivity contribution in [2.45, 2.75) is 24.8 Å². The second-order valence-corrected chi connectivity index (χ2v) is 9.24. The van der Waals surface area contributed by atoms with Crippen LogP contribution in [0.3, 0.4) is 0 Å². The molecule has 0 bridgehead atoms. The molecule has 27 heavy (non-hydrogen) atoms. The molecule has 0 atom stereocenters. The first-order valence-electron chi connectivity index (χ1n) is 7.64. The smallest absolute Gasteiger partial charge is 0.327 e. The van der Waals surface area contributed by atoms with Crippen molar-refractivity contribution in [2.75, 3.05) is 10.8 Å². The summed E-state index contributed by atoms with van der Waals surface area (Å²) in [5.41, 5.74) is 0.00160. The molecule has 0 aliphatic rings. The largest absolute Gasteiger partial charge is 0.462 e. The van der Waals surface area contributed by atoms with Gasteiger partial charge in [0, 0.05) is 5.02 Å². The molecule has 0 fully saturated rings. The Labute approximate surface area is 177 Å². The van der Waals surface area contributed by atoms with Crippen LogP contribution >= 0.6 is 46.4 Å². The summed E-state index contributed by atoms with van der Waals surface area (Å²) in [5.74, 6) is -0.746. The van der Waals surface area contributed by atoms with Crippen LogP contribution in [0.15, 0.2) is 41.3 Å². The van der Waals surface area contributed by atoms with Gasteiger partial charge in [0.2, 0.25) is 0 Å². The first kappa shape index (κ1) is 22.1. The van der Waals surface area contributed by atoms with Crippen molar-refractivity contribution in [3.8, 4) is 0 Å². The van der Waals surface area contributed by atoms with Gasteiger partial charge in [0.15, 0.2) is 0 Å². The number of benzene rings is 2. The maximum atomic E-state index is 13.2. The van der Waals surface area contributed by atoms with Crippen LogP contribution in [0.25, 0.3) is 0 Å². The summed E-state index contributed by atoms with van der Waals surface area (Å²) in [6.07, 6.45) is -0.415. The molecule has 0 aliphatic heterocycles. The number of hydrogen-bond acceptors (Lipinski definition) is 4. The Morgan fingerprint density at radius 3 is 2.11 bits per heavy atom. The molecule has 10 heteroatoms. The summed E-state index contributed by atoms with van der Waals surface area (Å²) < 4.78 is 32.2. The highest BCUT2D eigenvalue weighted by Crippen LogP contribution is 2.37. The van der Waals surface area contributed by atoms with Gasteiger partial charge in [-0.2, -0.15) is 0 Å². The number of sulfonamides is 1. The summed E-state index contributed by atoms with van der Waals surface area (Å²) in [5, 5.41) is 0.621. The third-order valence-electron chi connectivity index (χ3n) is 3.30. The lowest BCUT2D eigenvalue weighted by molar-refractivity contribution is -0.145. The van der Waals surface area contributed by atoms with Gasteiger partial charge in [-0.3, -0.25) is 9.10 Å². The molecule has 2 aromatic carbocycles. The van der Waals surface area contributed by atoms with Crippen LogP contribution < -0.4 is 4.31 Å². The molecule has 146 valence electrons. The maximum absolute atomic E-state index is 13.2. The van der Waals surface area contributed by atoms with E-state index in [4.69, 9.17) is 51.1 Å². The average molecular weight is 471 g/mol. The molecule has 5 nitrogen and oxygen atoms in total. The second kappa shape index (κ2) is 8.88. The first-order chi connectivity index (χ1) is 12.5. The van der Waals surface area contributed by atoms with Crippen LogP contribution in [0.1, 0.15) is 13.8 Å². The van der Waals surface area contributed by atoms with Gasteiger partial charge in [-0.25, -0.2) is 8.42 Å². The van der Waals surface area contributed by atoms with Crippen LogP contribution in [0.5, 0.6) is 0 Å². The van der Waals surface area contributed by atoms with E-state index in [1.54, 1.807) is 13.8 Å². The lowest BCUT2D eigenvalue weighted by Gasteiger charge is -2.25. The lowest BCUT2D eigenvalue weighted by Crippen LogP contribution is -2.37. The molecule has 0 aromatic heterocycles. The van der Waals surface area contributed by atoms with Gasteiger partial charge in [-0.05, 0) is 50.2 Å². The zero-order valence-electron chi connectivity index (χ0n) is 14.2. The summed E-state index contributed by atoms with van der Waals surface area (Å²) in [7, 11) is -4.17. The minimum atomic E-state index is -4.17. The molecule has 2 aromatic rings. The van der Waals surface area contributed by atoms with Crippen molar-refractivity contribution in [1.29, 1.82) is 0 Å². The van der Waals surface area contributed by atoms with Gasteiger partial charge < -0.3 is 4.74 Å². The van der Waals surface area contributed by atoms with Crippen molar-refractivity contribution >= 4 is 68.1 Å². The quantitative estimate of drug-likeness (QED) is 0.416. The topological polar surface area (TPSA) is 63.7 Å². The molecular weight excluding hydrogens is 456 g/mol. The van der Waals surface area contributed by atoms with Gasteiger partial charge >= 0.3 is 5.97 Å². The van der Waals surface area contributed by atoms with E-state index in [2.05, 4.69) is 0 Å². The summed E-state index contributed by atoms with van der Waals surface area (Å²) >= 11 is 24.0. The Hall–Kier alpha value is -1.18. The first-order valence-corrected chi connectivity index (χ1v) is 10.6. The predicted molar refractivity (Wildman–Crippen MR) is 109 cm³/mol. The molecule has 0 spiro atoms. The highest BCUT2D eigenvalue weighted by Gasteiger charge is 2.30. The fourth-order valence-corrected chi connectivity index (χ4v) is 4.39. The number of nitrogens with zero attached hydrogens (tertiary/aromatic N) is 1. The number of anilines is 1. The fourth-order valence-electron chi connectivity index (χ4n) is 2.15. The van der Waals surface area contributed by atoms with Crippen LogP contribution in [0.4, 0.5) is 5.69 Å². The molecule has 2 rings (SSSR count). The number of carbonyl (C=O) groups excluding carboxylic acids is 1. The Balaban J connectivity index is 2.57. The molecule has 0 amide bonds. The van der Waals surface area contributed by atoms with Crippen LogP contribution in [-0.2, 0) is 19.6 Å². The minimum Gasteiger partial charge on any atom is -0.462 e. The standard InChI is InChI=1S/C17H15Cl4NO4S/c1-10(2)26-17(23)9-22(16-8-14(20)13(19)7-15(16)21)27(24,25)12-5-3-11(18)4-6-12/h3-8,10H,9H2,1-2H3. The molecule has 0 heterocycles. The van der Waals surface area contributed by atoms with Crippen molar-refractivity contribution in [3.63, 3.8) is 0 Å². The lowest BCUT2D eigenvalue weighted by atomic mass is 10.3. The highest BCUT2D eigenvalue weighted by atomic mass is 35.5. The molecule has 0 radical (unpaired) electrons. The average Bonchev–Trinajstić information content (AvgIpc) is 2.56. The summed E-state index contributed by atoms with van der Waals surface area (Å²) in [6, 6.07) is 8.08. The number of esters is 1. The van der Waals surface area contributed by atoms with Crippen molar-refractivity contribution < 1.29 is 17.9 Å². The monoisotopic (exact) mass is 469 g/mol. The van der Waals surface area contributed by atoms with Gasteiger partial charge in [0.1, 0.15) is 6.54 Å². The molecule has 0 aliphatic carbocycles. The Kier molecular flexibility index (Phi) is 7.27. The Bertz CT molecular complexity index is 946. The second-order valence-electron chi connectivity index (χ2n) is 5.72. The number of rotatable bonds is 6.